The van der Waals surface area contributed by atoms with Gasteiger partial charge in [0.05, 0.1) is 13.0 Å². The summed E-state index contributed by atoms with van der Waals surface area (Å²) in [5, 5.41) is 0. The maximum atomic E-state index is 11.3. The Morgan fingerprint density at radius 1 is 1.54 bits per heavy atom. The smallest absolute Gasteiger partial charge is 0.309 e. The average Bonchev–Trinajstić information content (AvgIpc) is 2.63. The molecule has 1 aliphatic rings. The maximum Gasteiger partial charge on any atom is 0.309 e. The van der Waals surface area contributed by atoms with E-state index in [4.69, 9.17) is 4.74 Å². The fraction of sp³-hybridized carbons (Fsp3) is 0.545. The van der Waals surface area contributed by atoms with Crippen LogP contribution in [0.4, 0.5) is 0 Å². The minimum atomic E-state index is -0.108. The number of hydrogen-bond donors (Lipinski definition) is 0. The molecule has 0 amide bonds. The van der Waals surface area contributed by atoms with E-state index in [1.807, 2.05) is 12.2 Å². The van der Waals surface area contributed by atoms with Crippen LogP contribution >= 0.6 is 0 Å². The predicted octanol–water partition coefficient (Wildman–Crippen LogP) is 2.17. The third-order valence-corrected chi connectivity index (χ3v) is 2.82. The van der Waals surface area contributed by atoms with Crippen LogP contribution < -0.4 is 0 Å². The van der Waals surface area contributed by atoms with Crippen molar-refractivity contribution in [1.29, 1.82) is 0 Å². The van der Waals surface area contributed by atoms with Gasteiger partial charge in [-0.1, -0.05) is 38.7 Å². The van der Waals surface area contributed by atoms with Gasteiger partial charge in [0, 0.05) is 0 Å². The van der Waals surface area contributed by atoms with Gasteiger partial charge in [0.15, 0.2) is 0 Å². The van der Waals surface area contributed by atoms with Crippen LogP contribution in [0.15, 0.2) is 24.8 Å². The number of rotatable bonds is 3. The van der Waals surface area contributed by atoms with Crippen LogP contribution in [0, 0.1) is 17.3 Å². The lowest BCUT2D eigenvalue weighted by atomic mass is 10.1. The Morgan fingerprint density at radius 2 is 2.15 bits per heavy atom. The van der Waals surface area contributed by atoms with E-state index < -0.39 is 0 Å². The van der Waals surface area contributed by atoms with Crippen molar-refractivity contribution in [1.82, 2.24) is 0 Å². The normalized spacial score (nSPS) is 30.1. The topological polar surface area (TPSA) is 26.3 Å². The average molecular weight is 180 g/mol. The van der Waals surface area contributed by atoms with Crippen LogP contribution in [-0.4, -0.2) is 13.1 Å². The molecule has 0 N–H and O–H groups in total. The molecule has 0 spiro atoms. The molecule has 0 aromatic carbocycles. The number of carbonyl (C=O) groups excluding carboxylic acids is 1. The Hall–Kier alpha value is -1.05. The molecule has 1 rings (SSSR count). The lowest BCUT2D eigenvalue weighted by Gasteiger charge is -1.98. The maximum absolute atomic E-state index is 11.3. The lowest BCUT2D eigenvalue weighted by Crippen LogP contribution is -2.07. The Bertz CT molecular complexity index is 251. The largest absolute Gasteiger partial charge is 0.469 e. The second-order valence-electron chi connectivity index (χ2n) is 3.97. The molecule has 1 fully saturated rings. The highest BCUT2D eigenvalue weighted by atomic mass is 16.5. The second kappa shape index (κ2) is 3.36. The van der Waals surface area contributed by atoms with Crippen molar-refractivity contribution in [2.75, 3.05) is 7.11 Å². The quantitative estimate of drug-likeness (QED) is 0.491. The molecule has 0 saturated heterocycles. The van der Waals surface area contributed by atoms with Crippen LogP contribution in [0.25, 0.3) is 0 Å². The van der Waals surface area contributed by atoms with Gasteiger partial charge < -0.3 is 4.74 Å². The van der Waals surface area contributed by atoms with Gasteiger partial charge in [-0.05, 0) is 11.3 Å². The fourth-order valence-electron chi connectivity index (χ4n) is 1.81. The first-order chi connectivity index (χ1) is 6.05. The number of hydrogen-bond acceptors (Lipinski definition) is 2. The first-order valence-electron chi connectivity index (χ1n) is 4.42. The number of allylic oxidation sites excluding steroid dienone is 3. The number of ether oxygens (including phenoxy) is 1. The zero-order valence-corrected chi connectivity index (χ0v) is 8.41. The van der Waals surface area contributed by atoms with E-state index in [9.17, 15) is 4.79 Å². The van der Waals surface area contributed by atoms with Crippen molar-refractivity contribution in [3.8, 4) is 0 Å². The Labute approximate surface area is 79.3 Å². The van der Waals surface area contributed by atoms with Gasteiger partial charge >= 0.3 is 5.97 Å². The van der Waals surface area contributed by atoms with Gasteiger partial charge in [-0.2, -0.15) is 0 Å². The first kappa shape index (κ1) is 10.0. The van der Waals surface area contributed by atoms with Crippen molar-refractivity contribution in [3.05, 3.63) is 24.8 Å². The van der Waals surface area contributed by atoms with Crippen molar-refractivity contribution >= 4 is 5.97 Å². The van der Waals surface area contributed by atoms with Crippen LogP contribution in [-0.2, 0) is 9.53 Å². The molecule has 0 radical (unpaired) electrons. The van der Waals surface area contributed by atoms with Crippen molar-refractivity contribution < 1.29 is 9.53 Å². The van der Waals surface area contributed by atoms with E-state index in [1.54, 1.807) is 6.08 Å². The first-order valence-corrected chi connectivity index (χ1v) is 4.42. The molecule has 2 atom stereocenters. The van der Waals surface area contributed by atoms with E-state index in [-0.39, 0.29) is 17.3 Å². The highest BCUT2D eigenvalue weighted by Crippen LogP contribution is 2.59. The Morgan fingerprint density at radius 3 is 2.62 bits per heavy atom. The van der Waals surface area contributed by atoms with Gasteiger partial charge in [0.1, 0.15) is 0 Å². The van der Waals surface area contributed by atoms with E-state index >= 15 is 0 Å². The Balaban J connectivity index is 2.65. The van der Waals surface area contributed by atoms with Crippen LogP contribution in [0.5, 0.6) is 0 Å². The molecule has 13 heavy (non-hydrogen) atoms. The lowest BCUT2D eigenvalue weighted by molar-refractivity contribution is -0.143. The number of methoxy groups -OCH3 is 1. The summed E-state index contributed by atoms with van der Waals surface area (Å²) in [6.45, 7) is 7.75. The van der Waals surface area contributed by atoms with Crippen LogP contribution in [0.3, 0.4) is 0 Å². The minimum absolute atomic E-state index is 0.0219. The van der Waals surface area contributed by atoms with E-state index in [2.05, 4.69) is 20.4 Å². The molecule has 1 saturated carbocycles. The fourth-order valence-corrected chi connectivity index (χ4v) is 1.81. The molecule has 0 heterocycles. The summed E-state index contributed by atoms with van der Waals surface area (Å²) in [5.41, 5.74) is 0.0482. The molecule has 2 nitrogen and oxygen atoms in total. The van der Waals surface area contributed by atoms with Gasteiger partial charge in [0.25, 0.3) is 0 Å². The molecule has 1 aliphatic carbocycles. The molecular formula is C11H16O2. The van der Waals surface area contributed by atoms with Crippen molar-refractivity contribution in [3.63, 3.8) is 0 Å². The van der Waals surface area contributed by atoms with E-state index in [0.717, 1.165) is 0 Å². The standard InChI is InChI=1S/C11H16O2/c1-5-6-7-8-9(10(12)13-4)11(8,2)3/h5-9H,1H2,2-4H3/t8-,9+/m0/s1. The highest BCUT2D eigenvalue weighted by Gasteiger charge is 2.61. The van der Waals surface area contributed by atoms with E-state index in [1.165, 1.54) is 7.11 Å². The summed E-state index contributed by atoms with van der Waals surface area (Å²) in [5.74, 6) is 0.218. The summed E-state index contributed by atoms with van der Waals surface area (Å²) in [6.07, 6.45) is 5.63. The molecule has 0 bridgehead atoms. The van der Waals surface area contributed by atoms with Gasteiger partial charge in [0.2, 0.25) is 0 Å². The third kappa shape index (κ3) is 1.67. The molecular weight excluding hydrogens is 164 g/mol. The van der Waals surface area contributed by atoms with Crippen LogP contribution in [0.1, 0.15) is 13.8 Å². The Kier molecular flexibility index (Phi) is 2.60. The van der Waals surface area contributed by atoms with Gasteiger partial charge in [-0.3, -0.25) is 4.79 Å². The van der Waals surface area contributed by atoms with Crippen molar-refractivity contribution in [2.45, 2.75) is 13.8 Å². The summed E-state index contributed by atoms with van der Waals surface area (Å²) in [4.78, 5) is 11.3. The number of esters is 1. The molecule has 72 valence electrons. The number of carbonyl (C=O) groups is 1. The minimum Gasteiger partial charge on any atom is -0.469 e. The van der Waals surface area contributed by atoms with Gasteiger partial charge in [-0.25, -0.2) is 0 Å². The predicted molar refractivity (Wildman–Crippen MR) is 52.1 cm³/mol. The third-order valence-electron chi connectivity index (χ3n) is 2.82. The molecule has 2 heteroatoms. The van der Waals surface area contributed by atoms with Crippen molar-refractivity contribution in [2.24, 2.45) is 17.3 Å². The monoisotopic (exact) mass is 180 g/mol. The summed E-state index contributed by atoms with van der Waals surface area (Å²) in [7, 11) is 1.44. The molecule has 0 aromatic rings. The SMILES string of the molecule is C=CC=C[C@H]1[C@H](C(=O)OC)C1(C)C. The zero-order chi connectivity index (χ0) is 10.1. The summed E-state index contributed by atoms with van der Waals surface area (Å²) in [6, 6.07) is 0. The highest BCUT2D eigenvalue weighted by molar-refractivity contribution is 5.78. The molecule has 0 aliphatic heterocycles. The summed E-state index contributed by atoms with van der Waals surface area (Å²) >= 11 is 0. The van der Waals surface area contributed by atoms with Crippen LogP contribution in [0.2, 0.25) is 0 Å². The summed E-state index contributed by atoms with van der Waals surface area (Å²) < 4.78 is 4.72. The second-order valence-corrected chi connectivity index (χ2v) is 3.97. The van der Waals surface area contributed by atoms with Gasteiger partial charge in [-0.15, -0.1) is 0 Å². The zero-order valence-electron chi connectivity index (χ0n) is 8.41. The molecule has 0 unspecified atom stereocenters. The van der Waals surface area contributed by atoms with E-state index in [0.29, 0.717) is 5.92 Å². The molecule has 0 aromatic heterocycles.